The van der Waals surface area contributed by atoms with E-state index >= 15 is 0 Å². The number of nitrogens with two attached hydrogens (primary N) is 1. The third-order valence-corrected chi connectivity index (χ3v) is 3.69. The zero-order valence-electron chi connectivity index (χ0n) is 9.44. The van der Waals surface area contributed by atoms with E-state index in [0.717, 1.165) is 18.8 Å². The highest BCUT2D eigenvalue weighted by Gasteiger charge is 2.31. The highest BCUT2D eigenvalue weighted by atomic mass is 35.5. The molecule has 0 aliphatic carbocycles. The Labute approximate surface area is 107 Å². The van der Waals surface area contributed by atoms with Crippen molar-refractivity contribution in [2.75, 3.05) is 19.0 Å². The maximum Gasteiger partial charge on any atom is 0.0689 e. The van der Waals surface area contributed by atoms with E-state index in [1.165, 1.54) is 10.5 Å². The minimum Gasteiger partial charge on any atom is -0.379 e. The predicted molar refractivity (Wildman–Crippen MR) is 71.4 cm³/mol. The largest absolute Gasteiger partial charge is 0.379 e. The molecule has 0 amide bonds. The molecule has 16 heavy (non-hydrogen) atoms. The standard InChI is InChI=1S/C12H17NOS.ClH/c1-2-15-11-5-3-10(4-6-11)12(13)7-8-14-9-12;/h3-6H,2,7-9,13H2,1H3;1H. The monoisotopic (exact) mass is 259 g/mol. The molecule has 1 aromatic carbocycles. The quantitative estimate of drug-likeness (QED) is 0.848. The van der Waals surface area contributed by atoms with Gasteiger partial charge in [0.1, 0.15) is 0 Å². The minimum atomic E-state index is -0.255. The molecular weight excluding hydrogens is 242 g/mol. The van der Waals surface area contributed by atoms with Crippen molar-refractivity contribution >= 4 is 24.2 Å². The van der Waals surface area contributed by atoms with Crippen molar-refractivity contribution in [1.29, 1.82) is 0 Å². The average Bonchev–Trinajstić information content (AvgIpc) is 2.68. The molecule has 2 rings (SSSR count). The summed E-state index contributed by atoms with van der Waals surface area (Å²) < 4.78 is 5.36. The molecule has 1 unspecified atom stereocenters. The summed E-state index contributed by atoms with van der Waals surface area (Å²) in [7, 11) is 0. The highest BCUT2D eigenvalue weighted by Crippen LogP contribution is 2.29. The summed E-state index contributed by atoms with van der Waals surface area (Å²) in [4.78, 5) is 1.31. The third kappa shape index (κ3) is 2.92. The maximum absolute atomic E-state index is 6.27. The lowest BCUT2D eigenvalue weighted by Gasteiger charge is -2.22. The van der Waals surface area contributed by atoms with Gasteiger partial charge >= 0.3 is 0 Å². The minimum absolute atomic E-state index is 0. The van der Waals surface area contributed by atoms with E-state index < -0.39 is 0 Å². The van der Waals surface area contributed by atoms with Gasteiger partial charge in [0.25, 0.3) is 0 Å². The molecule has 4 heteroatoms. The number of rotatable bonds is 3. The van der Waals surface area contributed by atoms with E-state index in [0.29, 0.717) is 6.61 Å². The van der Waals surface area contributed by atoms with Gasteiger partial charge in [-0.25, -0.2) is 0 Å². The van der Waals surface area contributed by atoms with Gasteiger partial charge in [-0.05, 0) is 29.9 Å². The van der Waals surface area contributed by atoms with Crippen LogP contribution in [0.2, 0.25) is 0 Å². The molecule has 0 aromatic heterocycles. The Kier molecular flexibility index (Phi) is 5.12. The van der Waals surface area contributed by atoms with Crippen LogP contribution in [0.15, 0.2) is 29.2 Å². The lowest BCUT2D eigenvalue weighted by molar-refractivity contribution is 0.178. The molecule has 2 nitrogen and oxygen atoms in total. The van der Waals surface area contributed by atoms with E-state index in [1.807, 2.05) is 11.8 Å². The third-order valence-electron chi connectivity index (χ3n) is 2.79. The van der Waals surface area contributed by atoms with E-state index in [1.54, 1.807) is 0 Å². The van der Waals surface area contributed by atoms with E-state index in [4.69, 9.17) is 10.5 Å². The van der Waals surface area contributed by atoms with Crippen LogP contribution in [-0.4, -0.2) is 19.0 Å². The number of benzene rings is 1. The van der Waals surface area contributed by atoms with Gasteiger partial charge < -0.3 is 10.5 Å². The first-order chi connectivity index (χ1) is 7.24. The molecule has 2 N–H and O–H groups in total. The van der Waals surface area contributed by atoms with Crippen molar-refractivity contribution in [3.8, 4) is 0 Å². The molecule has 1 aromatic rings. The second kappa shape index (κ2) is 5.92. The van der Waals surface area contributed by atoms with E-state index in [-0.39, 0.29) is 17.9 Å². The molecule has 1 saturated heterocycles. The summed E-state index contributed by atoms with van der Waals surface area (Å²) in [6.45, 7) is 3.59. The number of hydrogen-bond acceptors (Lipinski definition) is 3. The summed E-state index contributed by atoms with van der Waals surface area (Å²) in [5.41, 5.74) is 7.21. The van der Waals surface area contributed by atoms with Crippen LogP contribution >= 0.6 is 24.2 Å². The number of thioether (sulfide) groups is 1. The van der Waals surface area contributed by atoms with Crippen molar-refractivity contribution in [1.82, 2.24) is 0 Å². The van der Waals surface area contributed by atoms with Gasteiger partial charge in [0.2, 0.25) is 0 Å². The van der Waals surface area contributed by atoms with Gasteiger partial charge in [-0.1, -0.05) is 19.1 Å². The number of hydrogen-bond donors (Lipinski definition) is 1. The smallest absolute Gasteiger partial charge is 0.0689 e. The van der Waals surface area contributed by atoms with Crippen molar-refractivity contribution in [2.45, 2.75) is 23.8 Å². The maximum atomic E-state index is 6.27. The van der Waals surface area contributed by atoms with Gasteiger partial charge in [0.15, 0.2) is 0 Å². The SMILES string of the molecule is CCSc1ccc(C2(N)CCOC2)cc1.Cl. The lowest BCUT2D eigenvalue weighted by atomic mass is 9.91. The van der Waals surface area contributed by atoms with Crippen molar-refractivity contribution < 1.29 is 4.74 Å². The second-order valence-electron chi connectivity index (χ2n) is 3.92. The van der Waals surface area contributed by atoms with Crippen LogP contribution in [0.3, 0.4) is 0 Å². The second-order valence-corrected chi connectivity index (χ2v) is 5.25. The van der Waals surface area contributed by atoms with Crippen LogP contribution in [0.5, 0.6) is 0 Å². The van der Waals surface area contributed by atoms with Gasteiger partial charge in [0.05, 0.1) is 12.1 Å². The Bertz CT molecular complexity index is 322. The van der Waals surface area contributed by atoms with Crippen LogP contribution in [0, 0.1) is 0 Å². The first-order valence-electron chi connectivity index (χ1n) is 5.34. The Morgan fingerprint density at radius 3 is 2.56 bits per heavy atom. The van der Waals surface area contributed by atoms with Crippen molar-refractivity contribution in [3.63, 3.8) is 0 Å². The Hall–Kier alpha value is -0.220. The number of ether oxygens (including phenoxy) is 1. The molecule has 1 atom stereocenters. The highest BCUT2D eigenvalue weighted by molar-refractivity contribution is 7.99. The zero-order chi connectivity index (χ0) is 10.7. The summed E-state index contributed by atoms with van der Waals surface area (Å²) in [5, 5.41) is 0. The molecule has 0 radical (unpaired) electrons. The van der Waals surface area contributed by atoms with Gasteiger partial charge in [-0.2, -0.15) is 0 Å². The normalized spacial score (nSPS) is 24.1. The molecule has 1 heterocycles. The fraction of sp³-hybridized carbons (Fsp3) is 0.500. The predicted octanol–water partition coefficient (Wildman–Crippen LogP) is 2.79. The molecule has 0 spiro atoms. The van der Waals surface area contributed by atoms with Crippen LogP contribution in [0.1, 0.15) is 18.9 Å². The van der Waals surface area contributed by atoms with Crippen LogP contribution < -0.4 is 5.73 Å². The summed E-state index contributed by atoms with van der Waals surface area (Å²) in [6, 6.07) is 8.56. The Morgan fingerprint density at radius 1 is 1.38 bits per heavy atom. The molecule has 1 aliphatic rings. The van der Waals surface area contributed by atoms with E-state index in [2.05, 4.69) is 31.2 Å². The van der Waals surface area contributed by atoms with Crippen LogP contribution in [-0.2, 0) is 10.3 Å². The molecule has 1 fully saturated rings. The fourth-order valence-electron chi connectivity index (χ4n) is 1.86. The summed E-state index contributed by atoms with van der Waals surface area (Å²) >= 11 is 1.85. The fourth-order valence-corrected chi connectivity index (χ4v) is 2.52. The Morgan fingerprint density at radius 2 is 2.06 bits per heavy atom. The van der Waals surface area contributed by atoms with Gasteiger partial charge in [-0.15, -0.1) is 24.2 Å². The summed E-state index contributed by atoms with van der Waals surface area (Å²) in [6.07, 6.45) is 0.924. The molecule has 0 bridgehead atoms. The summed E-state index contributed by atoms with van der Waals surface area (Å²) in [5.74, 6) is 1.11. The van der Waals surface area contributed by atoms with Crippen molar-refractivity contribution in [3.05, 3.63) is 29.8 Å². The molecule has 1 aliphatic heterocycles. The first kappa shape index (κ1) is 13.8. The molecule has 90 valence electrons. The van der Waals surface area contributed by atoms with Crippen molar-refractivity contribution in [2.24, 2.45) is 5.73 Å². The van der Waals surface area contributed by atoms with Crippen LogP contribution in [0.25, 0.3) is 0 Å². The molecular formula is C12H18ClNOS. The van der Waals surface area contributed by atoms with Crippen LogP contribution in [0.4, 0.5) is 0 Å². The van der Waals surface area contributed by atoms with E-state index in [9.17, 15) is 0 Å². The first-order valence-corrected chi connectivity index (χ1v) is 6.33. The lowest BCUT2D eigenvalue weighted by Crippen LogP contribution is -2.36. The average molecular weight is 260 g/mol. The topological polar surface area (TPSA) is 35.2 Å². The Balaban J connectivity index is 0.00000128. The zero-order valence-corrected chi connectivity index (χ0v) is 11.1. The van der Waals surface area contributed by atoms with Gasteiger partial charge in [-0.3, -0.25) is 0 Å². The number of halogens is 1. The van der Waals surface area contributed by atoms with Gasteiger partial charge in [0, 0.05) is 11.5 Å². The molecule has 0 saturated carbocycles.